The summed E-state index contributed by atoms with van der Waals surface area (Å²) in [6.07, 6.45) is 10.1. The zero-order valence-electron chi connectivity index (χ0n) is 12.5. The van der Waals surface area contributed by atoms with Crippen LogP contribution in [0.1, 0.15) is 58.8 Å². The van der Waals surface area contributed by atoms with Crippen LogP contribution in [0.15, 0.2) is 0 Å². The molecule has 0 amide bonds. The summed E-state index contributed by atoms with van der Waals surface area (Å²) in [5.41, 5.74) is 0. The Balaban J connectivity index is 1.57. The number of nitrogens with one attached hydrogen (secondary N) is 1. The summed E-state index contributed by atoms with van der Waals surface area (Å²) >= 11 is 0. The van der Waals surface area contributed by atoms with Gasteiger partial charge in [-0.05, 0) is 44.1 Å². The van der Waals surface area contributed by atoms with Crippen molar-refractivity contribution in [3.8, 4) is 0 Å². The fraction of sp³-hybridized carbons (Fsp3) is 1.00. The van der Waals surface area contributed by atoms with Gasteiger partial charge in [0.1, 0.15) is 0 Å². The molecule has 1 N–H and O–H groups in total. The molecule has 0 aromatic rings. The van der Waals surface area contributed by atoms with Crippen LogP contribution < -0.4 is 5.32 Å². The molecule has 2 saturated carbocycles. The standard InChI is InChI=1S/C16H32N2/c1-3-18(13-15-7-5-8-15)11-10-17-16-9-4-6-14(2)12-16/h14-17H,3-13H2,1-2H3. The second-order valence-corrected chi connectivity index (χ2v) is 6.61. The summed E-state index contributed by atoms with van der Waals surface area (Å²) in [4.78, 5) is 2.64. The van der Waals surface area contributed by atoms with Crippen LogP contribution in [0.5, 0.6) is 0 Å². The van der Waals surface area contributed by atoms with Gasteiger partial charge in [0.15, 0.2) is 0 Å². The fourth-order valence-corrected chi connectivity index (χ4v) is 3.47. The minimum atomic E-state index is 0.802. The van der Waals surface area contributed by atoms with E-state index < -0.39 is 0 Å². The molecular weight excluding hydrogens is 220 g/mol. The Morgan fingerprint density at radius 3 is 2.50 bits per heavy atom. The first-order chi connectivity index (χ1) is 8.78. The Kier molecular flexibility index (Phi) is 5.97. The van der Waals surface area contributed by atoms with E-state index in [4.69, 9.17) is 0 Å². The average molecular weight is 252 g/mol. The first-order valence-electron chi connectivity index (χ1n) is 8.23. The molecule has 0 aromatic carbocycles. The zero-order chi connectivity index (χ0) is 12.8. The van der Waals surface area contributed by atoms with Gasteiger partial charge in [0.2, 0.25) is 0 Å². The zero-order valence-corrected chi connectivity index (χ0v) is 12.5. The SMILES string of the molecule is CCN(CCNC1CCCC(C)C1)CC1CCC1. The quantitative estimate of drug-likeness (QED) is 0.748. The van der Waals surface area contributed by atoms with Crippen LogP contribution in [-0.2, 0) is 0 Å². The maximum absolute atomic E-state index is 3.78. The monoisotopic (exact) mass is 252 g/mol. The largest absolute Gasteiger partial charge is 0.313 e. The molecule has 0 saturated heterocycles. The van der Waals surface area contributed by atoms with Gasteiger partial charge in [-0.25, -0.2) is 0 Å². The molecule has 2 aliphatic rings. The van der Waals surface area contributed by atoms with E-state index >= 15 is 0 Å². The summed E-state index contributed by atoms with van der Waals surface area (Å²) in [6, 6.07) is 0.802. The van der Waals surface area contributed by atoms with Crippen LogP contribution in [0, 0.1) is 11.8 Å². The number of hydrogen-bond donors (Lipinski definition) is 1. The smallest absolute Gasteiger partial charge is 0.0107 e. The van der Waals surface area contributed by atoms with Crippen molar-refractivity contribution < 1.29 is 0 Å². The Hall–Kier alpha value is -0.0800. The van der Waals surface area contributed by atoms with Crippen molar-refractivity contribution in [3.05, 3.63) is 0 Å². The van der Waals surface area contributed by atoms with E-state index in [2.05, 4.69) is 24.1 Å². The van der Waals surface area contributed by atoms with Crippen molar-refractivity contribution in [1.82, 2.24) is 10.2 Å². The highest BCUT2D eigenvalue weighted by molar-refractivity contribution is 4.77. The first-order valence-corrected chi connectivity index (χ1v) is 8.23. The number of rotatable bonds is 7. The Morgan fingerprint density at radius 2 is 1.89 bits per heavy atom. The Labute approximate surface area is 114 Å². The van der Waals surface area contributed by atoms with E-state index in [1.54, 1.807) is 0 Å². The minimum Gasteiger partial charge on any atom is -0.313 e. The lowest BCUT2D eigenvalue weighted by atomic mass is 9.85. The summed E-state index contributed by atoms with van der Waals surface area (Å²) in [5.74, 6) is 1.95. The van der Waals surface area contributed by atoms with Crippen LogP contribution in [0.4, 0.5) is 0 Å². The second-order valence-electron chi connectivity index (χ2n) is 6.61. The third-order valence-electron chi connectivity index (χ3n) is 4.99. The topological polar surface area (TPSA) is 15.3 Å². The van der Waals surface area contributed by atoms with Crippen LogP contribution in [-0.4, -0.2) is 37.1 Å². The van der Waals surface area contributed by atoms with E-state index in [0.717, 1.165) is 17.9 Å². The molecular formula is C16H32N2. The molecule has 2 aliphatic carbocycles. The number of likely N-dealkylation sites (N-methyl/N-ethyl adjacent to an activating group) is 1. The number of nitrogens with zero attached hydrogens (tertiary/aromatic N) is 1. The molecule has 0 aromatic heterocycles. The third-order valence-corrected chi connectivity index (χ3v) is 4.99. The van der Waals surface area contributed by atoms with Crippen LogP contribution in [0.2, 0.25) is 0 Å². The maximum atomic E-state index is 3.78. The molecule has 0 aliphatic heterocycles. The average Bonchev–Trinajstić information content (AvgIpc) is 2.31. The van der Waals surface area contributed by atoms with Gasteiger partial charge in [-0.3, -0.25) is 0 Å². The summed E-state index contributed by atoms with van der Waals surface area (Å²) < 4.78 is 0. The molecule has 0 bridgehead atoms. The van der Waals surface area contributed by atoms with Crippen molar-refractivity contribution in [2.75, 3.05) is 26.2 Å². The first kappa shape index (κ1) is 14.3. The molecule has 2 rings (SSSR count). The van der Waals surface area contributed by atoms with Gasteiger partial charge >= 0.3 is 0 Å². The van der Waals surface area contributed by atoms with Crippen molar-refractivity contribution in [1.29, 1.82) is 0 Å². The van der Waals surface area contributed by atoms with Gasteiger partial charge in [-0.1, -0.05) is 33.1 Å². The summed E-state index contributed by atoms with van der Waals surface area (Å²) in [5, 5.41) is 3.78. The van der Waals surface area contributed by atoms with Crippen LogP contribution >= 0.6 is 0 Å². The second kappa shape index (κ2) is 7.49. The van der Waals surface area contributed by atoms with E-state index in [-0.39, 0.29) is 0 Å². The fourth-order valence-electron chi connectivity index (χ4n) is 3.47. The van der Waals surface area contributed by atoms with Crippen molar-refractivity contribution in [2.24, 2.45) is 11.8 Å². The molecule has 0 heterocycles. The van der Waals surface area contributed by atoms with Gasteiger partial charge in [-0.15, -0.1) is 0 Å². The highest BCUT2D eigenvalue weighted by Gasteiger charge is 2.21. The molecule has 2 unspecified atom stereocenters. The lowest BCUT2D eigenvalue weighted by Gasteiger charge is -2.33. The van der Waals surface area contributed by atoms with Crippen LogP contribution in [0.25, 0.3) is 0 Å². The number of hydrogen-bond acceptors (Lipinski definition) is 2. The van der Waals surface area contributed by atoms with Gasteiger partial charge in [-0.2, -0.15) is 0 Å². The van der Waals surface area contributed by atoms with Crippen molar-refractivity contribution in [2.45, 2.75) is 64.8 Å². The minimum absolute atomic E-state index is 0.802. The van der Waals surface area contributed by atoms with E-state index in [9.17, 15) is 0 Å². The molecule has 0 spiro atoms. The predicted molar refractivity (Wildman–Crippen MR) is 78.9 cm³/mol. The van der Waals surface area contributed by atoms with Gasteiger partial charge < -0.3 is 10.2 Å². The summed E-state index contributed by atoms with van der Waals surface area (Å²) in [7, 11) is 0. The summed E-state index contributed by atoms with van der Waals surface area (Å²) in [6.45, 7) is 9.72. The molecule has 18 heavy (non-hydrogen) atoms. The van der Waals surface area contributed by atoms with Gasteiger partial charge in [0.25, 0.3) is 0 Å². The lowest BCUT2D eigenvalue weighted by Crippen LogP contribution is -2.41. The normalized spacial score (nSPS) is 29.5. The highest BCUT2D eigenvalue weighted by Crippen LogP contribution is 2.27. The Bertz CT molecular complexity index is 225. The van der Waals surface area contributed by atoms with Crippen molar-refractivity contribution in [3.63, 3.8) is 0 Å². The van der Waals surface area contributed by atoms with Gasteiger partial charge in [0, 0.05) is 25.7 Å². The molecule has 2 atom stereocenters. The highest BCUT2D eigenvalue weighted by atomic mass is 15.1. The Morgan fingerprint density at radius 1 is 1.11 bits per heavy atom. The van der Waals surface area contributed by atoms with Crippen molar-refractivity contribution >= 4 is 0 Å². The predicted octanol–water partition coefficient (Wildman–Crippen LogP) is 3.28. The molecule has 2 fully saturated rings. The van der Waals surface area contributed by atoms with E-state index in [1.165, 1.54) is 71.1 Å². The lowest BCUT2D eigenvalue weighted by molar-refractivity contribution is 0.180. The van der Waals surface area contributed by atoms with Gasteiger partial charge in [0.05, 0.1) is 0 Å². The van der Waals surface area contributed by atoms with E-state index in [0.29, 0.717) is 0 Å². The third kappa shape index (κ3) is 4.55. The molecule has 2 nitrogen and oxygen atoms in total. The van der Waals surface area contributed by atoms with Crippen LogP contribution in [0.3, 0.4) is 0 Å². The maximum Gasteiger partial charge on any atom is 0.0107 e. The molecule has 2 heteroatoms. The molecule has 0 radical (unpaired) electrons. The van der Waals surface area contributed by atoms with E-state index in [1.807, 2.05) is 0 Å². The molecule has 106 valence electrons.